The van der Waals surface area contributed by atoms with Crippen molar-refractivity contribution < 1.29 is 19.4 Å². The maximum Gasteiger partial charge on any atom is 0.339 e. The van der Waals surface area contributed by atoms with Crippen molar-refractivity contribution in [3.05, 3.63) is 52.0 Å². The number of aryl methyl sites for hydroxylation is 1. The van der Waals surface area contributed by atoms with E-state index >= 15 is 0 Å². The van der Waals surface area contributed by atoms with Crippen LogP contribution in [0.1, 0.15) is 15.9 Å². The molecular weight excluding hydrogens is 324 g/mol. The summed E-state index contributed by atoms with van der Waals surface area (Å²) in [6, 6.07) is 10.2. The lowest BCUT2D eigenvalue weighted by atomic mass is 10.2. The normalized spacial score (nSPS) is 10.2. The first-order valence-corrected chi connectivity index (χ1v) is 6.66. The Morgan fingerprint density at radius 2 is 1.90 bits per heavy atom. The summed E-state index contributed by atoms with van der Waals surface area (Å²) in [5.74, 6) is 0.334. The number of hydrogen-bond acceptors (Lipinski definition) is 3. The fourth-order valence-corrected chi connectivity index (χ4v) is 2.03. The lowest BCUT2D eigenvalue weighted by molar-refractivity contribution is 0.0694. The van der Waals surface area contributed by atoms with E-state index in [1.165, 1.54) is 13.2 Å². The van der Waals surface area contributed by atoms with Crippen molar-refractivity contribution in [3.63, 3.8) is 0 Å². The van der Waals surface area contributed by atoms with Crippen LogP contribution in [-0.2, 0) is 0 Å². The van der Waals surface area contributed by atoms with Crippen LogP contribution in [0.3, 0.4) is 0 Å². The molecule has 0 radical (unpaired) electrons. The Kier molecular flexibility index (Phi) is 4.29. The molecular formula is C15H13BrO4. The molecule has 0 bridgehead atoms. The average molecular weight is 337 g/mol. The second kappa shape index (κ2) is 5.96. The summed E-state index contributed by atoms with van der Waals surface area (Å²) in [6.07, 6.45) is 0. The van der Waals surface area contributed by atoms with E-state index < -0.39 is 5.97 Å². The van der Waals surface area contributed by atoms with E-state index in [4.69, 9.17) is 9.47 Å². The number of hydrogen-bond donors (Lipinski definition) is 1. The zero-order valence-corrected chi connectivity index (χ0v) is 12.6. The van der Waals surface area contributed by atoms with Crippen LogP contribution in [0, 0.1) is 6.92 Å². The minimum Gasteiger partial charge on any atom is -0.497 e. The van der Waals surface area contributed by atoms with Crippen LogP contribution >= 0.6 is 15.9 Å². The molecule has 1 N–H and O–H groups in total. The molecule has 0 heterocycles. The fraction of sp³-hybridized carbons (Fsp3) is 0.133. The van der Waals surface area contributed by atoms with Gasteiger partial charge in [-0.2, -0.15) is 0 Å². The molecule has 0 amide bonds. The molecule has 4 nitrogen and oxygen atoms in total. The second-order valence-corrected chi connectivity index (χ2v) is 5.09. The Balaban J connectivity index is 2.45. The van der Waals surface area contributed by atoms with Gasteiger partial charge in [-0.1, -0.05) is 22.0 Å². The number of ether oxygens (including phenoxy) is 2. The zero-order valence-electron chi connectivity index (χ0n) is 11.0. The quantitative estimate of drug-likeness (QED) is 0.906. The number of rotatable bonds is 4. The minimum absolute atomic E-state index is 0.0881. The van der Waals surface area contributed by atoms with Gasteiger partial charge >= 0.3 is 5.97 Å². The molecule has 0 aliphatic carbocycles. The van der Waals surface area contributed by atoms with Crippen LogP contribution in [0.25, 0.3) is 0 Å². The minimum atomic E-state index is -1.05. The van der Waals surface area contributed by atoms with Crippen LogP contribution in [-0.4, -0.2) is 18.2 Å². The molecule has 0 fully saturated rings. The lowest BCUT2D eigenvalue weighted by Crippen LogP contribution is -2.01. The third-order valence-corrected chi connectivity index (χ3v) is 3.28. The third-order valence-electron chi connectivity index (χ3n) is 2.79. The first kappa shape index (κ1) is 14.4. The van der Waals surface area contributed by atoms with Crippen molar-refractivity contribution in [2.24, 2.45) is 0 Å². The molecule has 2 aromatic rings. The van der Waals surface area contributed by atoms with Crippen molar-refractivity contribution >= 4 is 21.9 Å². The Hall–Kier alpha value is -2.01. The van der Waals surface area contributed by atoms with Crippen molar-refractivity contribution in [1.29, 1.82) is 0 Å². The molecule has 0 aliphatic rings. The van der Waals surface area contributed by atoms with Crippen LogP contribution in [0.4, 0.5) is 0 Å². The standard InChI is InChI=1S/C15H13BrO4/c1-9-3-4-10(16)7-13(9)20-14-8-11(19-2)5-6-12(14)15(17)18/h3-8H,1-2H3,(H,17,18). The van der Waals surface area contributed by atoms with Crippen LogP contribution < -0.4 is 9.47 Å². The van der Waals surface area contributed by atoms with E-state index in [0.29, 0.717) is 11.5 Å². The maximum atomic E-state index is 11.2. The molecule has 0 aliphatic heterocycles. The van der Waals surface area contributed by atoms with Gasteiger partial charge in [-0.05, 0) is 36.8 Å². The smallest absolute Gasteiger partial charge is 0.339 e. The van der Waals surface area contributed by atoms with E-state index in [2.05, 4.69) is 15.9 Å². The van der Waals surface area contributed by atoms with Gasteiger partial charge in [-0.3, -0.25) is 0 Å². The number of methoxy groups -OCH3 is 1. The van der Waals surface area contributed by atoms with E-state index in [1.54, 1.807) is 18.2 Å². The molecule has 104 valence electrons. The van der Waals surface area contributed by atoms with E-state index in [9.17, 15) is 9.90 Å². The largest absolute Gasteiger partial charge is 0.497 e. The number of carbonyl (C=O) groups is 1. The predicted molar refractivity (Wildman–Crippen MR) is 78.9 cm³/mol. The Morgan fingerprint density at radius 3 is 2.55 bits per heavy atom. The highest BCUT2D eigenvalue weighted by Gasteiger charge is 2.14. The van der Waals surface area contributed by atoms with Crippen molar-refractivity contribution in [2.45, 2.75) is 6.92 Å². The second-order valence-electron chi connectivity index (χ2n) is 4.18. The molecule has 0 spiro atoms. The summed E-state index contributed by atoms with van der Waals surface area (Å²) >= 11 is 3.36. The van der Waals surface area contributed by atoms with E-state index in [0.717, 1.165) is 10.0 Å². The molecule has 0 atom stereocenters. The van der Waals surface area contributed by atoms with Gasteiger partial charge in [0.1, 0.15) is 22.8 Å². The highest BCUT2D eigenvalue weighted by atomic mass is 79.9. The zero-order chi connectivity index (χ0) is 14.7. The Bertz CT molecular complexity index is 652. The van der Waals surface area contributed by atoms with Gasteiger partial charge in [0.15, 0.2) is 0 Å². The third kappa shape index (κ3) is 3.11. The highest BCUT2D eigenvalue weighted by Crippen LogP contribution is 2.32. The summed E-state index contributed by atoms with van der Waals surface area (Å²) < 4.78 is 11.7. The van der Waals surface area contributed by atoms with Crippen LogP contribution in [0.15, 0.2) is 40.9 Å². The number of aromatic carboxylic acids is 1. The molecule has 2 rings (SSSR count). The highest BCUT2D eigenvalue weighted by molar-refractivity contribution is 9.10. The predicted octanol–water partition coefficient (Wildman–Crippen LogP) is 4.26. The van der Waals surface area contributed by atoms with Crippen molar-refractivity contribution in [1.82, 2.24) is 0 Å². The molecule has 0 saturated heterocycles. The summed E-state index contributed by atoms with van der Waals surface area (Å²) in [5.41, 5.74) is 0.998. The Labute approximate surface area is 125 Å². The topological polar surface area (TPSA) is 55.8 Å². The first-order valence-electron chi connectivity index (χ1n) is 5.86. The summed E-state index contributed by atoms with van der Waals surface area (Å²) in [5, 5.41) is 9.20. The fourth-order valence-electron chi connectivity index (χ4n) is 1.69. The van der Waals surface area contributed by atoms with Gasteiger partial charge in [0.05, 0.1) is 7.11 Å². The molecule has 20 heavy (non-hydrogen) atoms. The lowest BCUT2D eigenvalue weighted by Gasteiger charge is -2.12. The number of carboxylic acids is 1. The molecule has 0 unspecified atom stereocenters. The summed E-state index contributed by atoms with van der Waals surface area (Å²) in [7, 11) is 1.52. The van der Waals surface area contributed by atoms with Gasteiger partial charge < -0.3 is 14.6 Å². The molecule has 2 aromatic carbocycles. The summed E-state index contributed by atoms with van der Waals surface area (Å²) in [4.78, 5) is 11.2. The maximum absolute atomic E-state index is 11.2. The summed E-state index contributed by atoms with van der Waals surface area (Å²) in [6.45, 7) is 1.89. The van der Waals surface area contributed by atoms with Gasteiger partial charge in [0.25, 0.3) is 0 Å². The monoisotopic (exact) mass is 336 g/mol. The average Bonchev–Trinajstić information content (AvgIpc) is 2.42. The van der Waals surface area contributed by atoms with Gasteiger partial charge in [0.2, 0.25) is 0 Å². The molecule has 5 heteroatoms. The van der Waals surface area contributed by atoms with E-state index in [-0.39, 0.29) is 11.3 Å². The molecule has 0 aromatic heterocycles. The Morgan fingerprint density at radius 1 is 1.15 bits per heavy atom. The number of carboxylic acid groups (broad SMARTS) is 1. The first-order chi connectivity index (χ1) is 9.51. The van der Waals surface area contributed by atoms with E-state index in [1.807, 2.05) is 19.1 Å². The number of halogens is 1. The van der Waals surface area contributed by atoms with Gasteiger partial charge in [-0.15, -0.1) is 0 Å². The van der Waals surface area contributed by atoms with Crippen molar-refractivity contribution in [3.8, 4) is 17.2 Å². The SMILES string of the molecule is COc1ccc(C(=O)O)c(Oc2cc(Br)ccc2C)c1. The van der Waals surface area contributed by atoms with Gasteiger partial charge in [-0.25, -0.2) is 4.79 Å². The van der Waals surface area contributed by atoms with Crippen molar-refractivity contribution in [2.75, 3.05) is 7.11 Å². The van der Waals surface area contributed by atoms with Crippen LogP contribution in [0.2, 0.25) is 0 Å². The van der Waals surface area contributed by atoms with Gasteiger partial charge in [0, 0.05) is 10.5 Å². The van der Waals surface area contributed by atoms with Crippen LogP contribution in [0.5, 0.6) is 17.2 Å². The number of benzene rings is 2. The molecule has 0 saturated carbocycles.